The van der Waals surface area contributed by atoms with E-state index in [1.807, 2.05) is 84.9 Å². The van der Waals surface area contributed by atoms with Crippen LogP contribution in [0.3, 0.4) is 0 Å². The molecule has 10 nitrogen and oxygen atoms in total. The molecule has 0 fully saturated rings. The Kier molecular flexibility index (Phi) is 14.3. The second-order valence-electron chi connectivity index (χ2n) is 8.35. The Labute approximate surface area is 234 Å². The smallest absolute Gasteiger partial charge is 0.407 e. The number of benzene rings is 3. The molecule has 3 rings (SSSR count). The zero-order chi connectivity index (χ0) is 28.1. The fourth-order valence-corrected chi connectivity index (χ4v) is 3.36. The van der Waals surface area contributed by atoms with Gasteiger partial charge in [0.1, 0.15) is 37.9 Å². The van der Waals surface area contributed by atoms with E-state index in [9.17, 15) is 9.59 Å². The van der Waals surface area contributed by atoms with Gasteiger partial charge in [-0.3, -0.25) is 0 Å². The zero-order valence-corrected chi connectivity index (χ0v) is 22.4. The molecule has 0 radical (unpaired) electrons. The lowest BCUT2D eigenvalue weighted by Crippen LogP contribution is -2.26. The highest BCUT2D eigenvalue weighted by atomic mass is 16.6. The molecule has 2 amide bonds. The molecule has 0 aliphatic rings. The van der Waals surface area contributed by atoms with Crippen molar-refractivity contribution in [1.82, 2.24) is 10.6 Å². The van der Waals surface area contributed by atoms with Crippen LogP contribution in [0.2, 0.25) is 0 Å². The summed E-state index contributed by atoms with van der Waals surface area (Å²) in [6, 6.07) is 26.4. The van der Waals surface area contributed by atoms with E-state index in [2.05, 4.69) is 10.6 Å². The molecule has 0 atom stereocenters. The number of para-hydroxylation sites is 2. The minimum Gasteiger partial charge on any atom is -0.491 e. The highest BCUT2D eigenvalue weighted by Gasteiger charge is 2.05. The van der Waals surface area contributed by atoms with Crippen molar-refractivity contribution in [3.8, 4) is 11.5 Å². The highest BCUT2D eigenvalue weighted by Crippen LogP contribution is 2.09. The van der Waals surface area contributed by atoms with Crippen LogP contribution in [0.5, 0.6) is 11.5 Å². The van der Waals surface area contributed by atoms with Gasteiger partial charge in [-0.25, -0.2) is 9.59 Å². The third-order valence-electron chi connectivity index (χ3n) is 5.27. The minimum atomic E-state index is -0.537. The number of hydrogen-bond donors (Lipinski definition) is 2. The fraction of sp³-hybridized carbons (Fsp3) is 0.333. The molecule has 0 bridgehead atoms. The standard InChI is InChI=1S/C30H36N2O8/c33-29(39-20-16-35-14-18-37-27-10-3-1-4-11-27)31-23-25-8-7-9-26(22-25)24-32-30(34)40-21-17-36-15-19-38-28-12-5-2-6-13-28/h1-13,22H,14-21,23-24H2,(H,31,33)(H,32,34). The van der Waals surface area contributed by atoms with Gasteiger partial charge in [-0.15, -0.1) is 0 Å². The van der Waals surface area contributed by atoms with Gasteiger partial charge < -0.3 is 39.1 Å². The molecular weight excluding hydrogens is 516 g/mol. The van der Waals surface area contributed by atoms with Crippen molar-refractivity contribution in [3.05, 3.63) is 96.1 Å². The highest BCUT2D eigenvalue weighted by molar-refractivity contribution is 5.67. The first-order valence-electron chi connectivity index (χ1n) is 13.1. The second kappa shape index (κ2) is 18.9. The molecule has 0 heterocycles. The summed E-state index contributed by atoms with van der Waals surface area (Å²) in [7, 11) is 0. The van der Waals surface area contributed by atoms with Crippen LogP contribution < -0.4 is 20.1 Å². The summed E-state index contributed by atoms with van der Waals surface area (Å²) in [5.41, 5.74) is 1.73. The Hall–Kier alpha value is -4.28. The number of rotatable bonds is 18. The molecule has 0 saturated carbocycles. The van der Waals surface area contributed by atoms with Crippen molar-refractivity contribution >= 4 is 12.2 Å². The molecule has 3 aromatic rings. The molecule has 2 N–H and O–H groups in total. The van der Waals surface area contributed by atoms with Crippen molar-refractivity contribution in [3.63, 3.8) is 0 Å². The van der Waals surface area contributed by atoms with Crippen molar-refractivity contribution in [2.24, 2.45) is 0 Å². The number of amides is 2. The van der Waals surface area contributed by atoms with Crippen LogP contribution in [0.4, 0.5) is 9.59 Å². The second-order valence-corrected chi connectivity index (χ2v) is 8.35. The first-order valence-corrected chi connectivity index (χ1v) is 13.1. The Morgan fingerprint density at radius 2 is 0.925 bits per heavy atom. The average molecular weight is 553 g/mol. The van der Waals surface area contributed by atoms with Gasteiger partial charge >= 0.3 is 12.2 Å². The van der Waals surface area contributed by atoms with Gasteiger partial charge in [0.05, 0.1) is 26.4 Å². The first-order chi connectivity index (χ1) is 19.7. The summed E-state index contributed by atoms with van der Waals surface area (Å²) in [6.45, 7) is 3.01. The van der Waals surface area contributed by atoms with Crippen molar-refractivity contribution in [2.75, 3.05) is 52.9 Å². The van der Waals surface area contributed by atoms with E-state index in [-0.39, 0.29) is 39.5 Å². The van der Waals surface area contributed by atoms with Crippen LogP contribution in [0, 0.1) is 0 Å². The van der Waals surface area contributed by atoms with E-state index in [0.29, 0.717) is 26.4 Å². The summed E-state index contributed by atoms with van der Waals surface area (Å²) in [4.78, 5) is 23.9. The first kappa shape index (κ1) is 30.3. The van der Waals surface area contributed by atoms with Gasteiger partial charge in [-0.1, -0.05) is 60.7 Å². The lowest BCUT2D eigenvalue weighted by molar-refractivity contribution is 0.0576. The Balaban J connectivity index is 1.17. The van der Waals surface area contributed by atoms with Gasteiger partial charge in [0.2, 0.25) is 0 Å². The van der Waals surface area contributed by atoms with E-state index in [0.717, 1.165) is 22.6 Å². The molecule has 0 spiro atoms. The van der Waals surface area contributed by atoms with E-state index in [4.69, 9.17) is 28.4 Å². The number of carbonyl (C=O) groups is 2. The number of alkyl carbamates (subject to hydrolysis) is 2. The topological polar surface area (TPSA) is 114 Å². The number of nitrogens with one attached hydrogen (secondary N) is 2. The predicted octanol–water partition coefficient (Wildman–Crippen LogP) is 4.33. The van der Waals surface area contributed by atoms with Gasteiger partial charge in [0.25, 0.3) is 0 Å². The van der Waals surface area contributed by atoms with Crippen LogP contribution in [-0.2, 0) is 32.0 Å². The molecule has 0 unspecified atom stereocenters. The van der Waals surface area contributed by atoms with Crippen LogP contribution >= 0.6 is 0 Å². The third kappa shape index (κ3) is 13.5. The molecule has 0 aliphatic carbocycles. The molecule has 40 heavy (non-hydrogen) atoms. The Morgan fingerprint density at radius 1 is 0.500 bits per heavy atom. The van der Waals surface area contributed by atoms with E-state index < -0.39 is 12.2 Å². The molecule has 0 aromatic heterocycles. The average Bonchev–Trinajstić information content (AvgIpc) is 2.99. The third-order valence-corrected chi connectivity index (χ3v) is 5.27. The van der Waals surface area contributed by atoms with Gasteiger partial charge in [-0.2, -0.15) is 0 Å². The van der Waals surface area contributed by atoms with Crippen LogP contribution in [0.15, 0.2) is 84.9 Å². The SMILES string of the molecule is O=C(NCc1cccc(CNC(=O)OCCOCCOc2ccccc2)c1)OCCOCCOc1ccccc1. The number of ether oxygens (including phenoxy) is 6. The maximum absolute atomic E-state index is 11.9. The molecule has 0 saturated heterocycles. The minimum absolute atomic E-state index is 0.135. The zero-order valence-electron chi connectivity index (χ0n) is 22.4. The maximum atomic E-state index is 11.9. The van der Waals surface area contributed by atoms with Crippen molar-refractivity contribution in [1.29, 1.82) is 0 Å². The fourth-order valence-electron chi connectivity index (χ4n) is 3.36. The lowest BCUT2D eigenvalue weighted by Gasteiger charge is -2.10. The van der Waals surface area contributed by atoms with Gasteiger partial charge in [-0.05, 0) is 35.4 Å². The summed E-state index contributed by atoms with van der Waals surface area (Å²) >= 11 is 0. The Bertz CT molecular complexity index is 1030. The summed E-state index contributed by atoms with van der Waals surface area (Å²) in [6.07, 6.45) is -1.07. The van der Waals surface area contributed by atoms with Crippen LogP contribution in [-0.4, -0.2) is 65.0 Å². The van der Waals surface area contributed by atoms with Crippen LogP contribution in [0.25, 0.3) is 0 Å². The monoisotopic (exact) mass is 552 g/mol. The molecule has 3 aromatic carbocycles. The predicted molar refractivity (Wildman–Crippen MR) is 148 cm³/mol. The number of hydrogen-bond acceptors (Lipinski definition) is 8. The quantitative estimate of drug-likeness (QED) is 0.224. The summed E-state index contributed by atoms with van der Waals surface area (Å²) in [5, 5.41) is 5.39. The van der Waals surface area contributed by atoms with E-state index in [1.54, 1.807) is 0 Å². The number of carbonyl (C=O) groups excluding carboxylic acids is 2. The van der Waals surface area contributed by atoms with Crippen molar-refractivity contribution < 1.29 is 38.0 Å². The van der Waals surface area contributed by atoms with Crippen LogP contribution in [0.1, 0.15) is 11.1 Å². The van der Waals surface area contributed by atoms with E-state index >= 15 is 0 Å². The van der Waals surface area contributed by atoms with E-state index in [1.165, 1.54) is 0 Å². The molecule has 10 heteroatoms. The molecular formula is C30H36N2O8. The molecule has 0 aliphatic heterocycles. The molecule has 214 valence electrons. The van der Waals surface area contributed by atoms with Gasteiger partial charge in [0.15, 0.2) is 0 Å². The summed E-state index contributed by atoms with van der Waals surface area (Å²) < 4.78 is 32.1. The lowest BCUT2D eigenvalue weighted by atomic mass is 10.1. The normalized spacial score (nSPS) is 10.4. The van der Waals surface area contributed by atoms with Crippen molar-refractivity contribution in [2.45, 2.75) is 13.1 Å². The van der Waals surface area contributed by atoms with Gasteiger partial charge in [0, 0.05) is 13.1 Å². The summed E-state index contributed by atoms with van der Waals surface area (Å²) in [5.74, 6) is 1.56. The Morgan fingerprint density at radius 3 is 1.38 bits per heavy atom. The maximum Gasteiger partial charge on any atom is 0.407 e. The largest absolute Gasteiger partial charge is 0.491 e.